The van der Waals surface area contributed by atoms with Crippen LogP contribution in [0.4, 0.5) is 5.69 Å². The molecule has 1 aliphatic heterocycles. The Hall–Kier alpha value is -1.40. The summed E-state index contributed by atoms with van der Waals surface area (Å²) in [7, 11) is -3.47. The maximum Gasteiger partial charge on any atom is 0.243 e. The lowest BCUT2D eigenvalue weighted by Crippen LogP contribution is -2.35. The van der Waals surface area contributed by atoms with Gasteiger partial charge in [-0.2, -0.15) is 4.31 Å². The summed E-state index contributed by atoms with van der Waals surface area (Å²) in [5, 5.41) is 2.92. The van der Waals surface area contributed by atoms with Crippen LogP contribution < -0.4 is 5.32 Å². The van der Waals surface area contributed by atoms with Gasteiger partial charge in [-0.15, -0.1) is 0 Å². The molecule has 4 rings (SSSR count). The Balaban J connectivity index is 1.41. The summed E-state index contributed by atoms with van der Waals surface area (Å²) in [5.74, 6) is 2.07. The molecule has 3 atom stereocenters. The fourth-order valence-electron chi connectivity index (χ4n) is 5.07. The number of hydrogen-bond acceptors (Lipinski definition) is 3. The average Bonchev–Trinajstić information content (AvgIpc) is 3.25. The molecule has 0 spiro atoms. The van der Waals surface area contributed by atoms with Crippen molar-refractivity contribution in [2.45, 2.75) is 56.3 Å². The first-order valence-corrected chi connectivity index (χ1v) is 11.4. The van der Waals surface area contributed by atoms with Gasteiger partial charge in [-0.25, -0.2) is 8.42 Å². The number of nitrogens with zero attached hydrogens (tertiary/aromatic N) is 1. The highest BCUT2D eigenvalue weighted by atomic mass is 32.2. The van der Waals surface area contributed by atoms with Crippen LogP contribution in [-0.4, -0.2) is 31.7 Å². The summed E-state index contributed by atoms with van der Waals surface area (Å²) in [6.07, 6.45) is 8.56. The van der Waals surface area contributed by atoms with Crippen LogP contribution in [0.3, 0.4) is 0 Å². The lowest BCUT2D eigenvalue weighted by Gasteiger charge is -2.26. The van der Waals surface area contributed by atoms with Gasteiger partial charge in [0.05, 0.1) is 4.90 Å². The zero-order valence-corrected chi connectivity index (χ0v) is 16.0. The van der Waals surface area contributed by atoms with E-state index in [4.69, 9.17) is 0 Å². The SMILES string of the molecule is O=C(C[C@@H]1C[C@H]2CC[C@H]1C2)Nc1cccc(S(=O)(=O)N2CCCCC2)c1. The maximum absolute atomic E-state index is 12.8. The third-order valence-electron chi connectivity index (χ3n) is 6.40. The van der Waals surface area contributed by atoms with Gasteiger partial charge in [0.15, 0.2) is 0 Å². The Morgan fingerprint density at radius 2 is 1.92 bits per heavy atom. The number of rotatable bonds is 5. The van der Waals surface area contributed by atoms with Gasteiger partial charge in [0.1, 0.15) is 0 Å². The first-order chi connectivity index (χ1) is 12.5. The van der Waals surface area contributed by atoms with E-state index in [-0.39, 0.29) is 10.8 Å². The Morgan fingerprint density at radius 3 is 2.62 bits per heavy atom. The molecule has 0 radical (unpaired) electrons. The molecule has 142 valence electrons. The monoisotopic (exact) mass is 376 g/mol. The number of nitrogens with one attached hydrogen (secondary N) is 1. The summed E-state index contributed by atoms with van der Waals surface area (Å²) in [4.78, 5) is 12.7. The van der Waals surface area contributed by atoms with Crippen molar-refractivity contribution in [3.05, 3.63) is 24.3 Å². The van der Waals surface area contributed by atoms with E-state index >= 15 is 0 Å². The second kappa shape index (κ2) is 7.31. The van der Waals surface area contributed by atoms with Gasteiger partial charge in [0.2, 0.25) is 15.9 Å². The molecular formula is C20H28N2O3S. The van der Waals surface area contributed by atoms with Crippen LogP contribution in [-0.2, 0) is 14.8 Å². The summed E-state index contributed by atoms with van der Waals surface area (Å²) in [5.41, 5.74) is 0.580. The molecule has 2 aliphatic carbocycles. The molecule has 1 saturated heterocycles. The van der Waals surface area contributed by atoms with Crippen LogP contribution in [0.25, 0.3) is 0 Å². The Morgan fingerprint density at radius 1 is 1.12 bits per heavy atom. The Kier molecular flexibility index (Phi) is 5.06. The molecule has 2 saturated carbocycles. The van der Waals surface area contributed by atoms with Gasteiger partial charge in [-0.3, -0.25) is 4.79 Å². The van der Waals surface area contributed by atoms with Crippen molar-refractivity contribution < 1.29 is 13.2 Å². The summed E-state index contributed by atoms with van der Waals surface area (Å²) in [6.45, 7) is 1.17. The second-order valence-corrected chi connectivity index (χ2v) is 10.1. The van der Waals surface area contributed by atoms with E-state index in [1.807, 2.05) is 0 Å². The van der Waals surface area contributed by atoms with Gasteiger partial charge < -0.3 is 5.32 Å². The van der Waals surface area contributed by atoms with E-state index in [1.165, 1.54) is 25.7 Å². The number of carbonyl (C=O) groups excluding carboxylic acids is 1. The normalized spacial score (nSPS) is 29.0. The van der Waals surface area contributed by atoms with Crippen molar-refractivity contribution in [3.8, 4) is 0 Å². The Labute approximate surface area is 156 Å². The van der Waals surface area contributed by atoms with Crippen molar-refractivity contribution in [2.75, 3.05) is 18.4 Å². The number of anilines is 1. The van der Waals surface area contributed by atoms with Crippen LogP contribution in [0.5, 0.6) is 0 Å². The van der Waals surface area contributed by atoms with Crippen LogP contribution >= 0.6 is 0 Å². The number of carbonyl (C=O) groups is 1. The third-order valence-corrected chi connectivity index (χ3v) is 8.30. The zero-order chi connectivity index (χ0) is 18.1. The highest BCUT2D eigenvalue weighted by molar-refractivity contribution is 7.89. The van der Waals surface area contributed by atoms with Crippen LogP contribution in [0, 0.1) is 17.8 Å². The molecule has 0 aromatic heterocycles. The molecule has 3 fully saturated rings. The standard InChI is InChI=1S/C20H28N2O3S/c23-20(13-17-12-15-7-8-16(17)11-15)21-18-5-4-6-19(14-18)26(24,25)22-9-2-1-3-10-22/h4-6,14-17H,1-3,7-13H2,(H,21,23)/t15-,16-,17-/m0/s1. The van der Waals surface area contributed by atoms with Crippen LogP contribution in [0.15, 0.2) is 29.2 Å². The second-order valence-electron chi connectivity index (χ2n) is 8.18. The predicted molar refractivity (Wildman–Crippen MR) is 101 cm³/mol. The summed E-state index contributed by atoms with van der Waals surface area (Å²) in [6, 6.07) is 6.70. The lowest BCUT2D eigenvalue weighted by atomic mass is 9.86. The minimum atomic E-state index is -3.47. The average molecular weight is 377 g/mol. The van der Waals surface area contributed by atoms with Gasteiger partial charge in [-0.1, -0.05) is 18.9 Å². The predicted octanol–water partition coefficient (Wildman–Crippen LogP) is 3.63. The first kappa shape index (κ1) is 18.0. The number of hydrogen-bond donors (Lipinski definition) is 1. The van der Waals surface area contributed by atoms with Gasteiger partial charge >= 0.3 is 0 Å². The molecular weight excluding hydrogens is 348 g/mol. The van der Waals surface area contributed by atoms with Crippen molar-refractivity contribution in [1.29, 1.82) is 0 Å². The van der Waals surface area contributed by atoms with Gasteiger partial charge in [0, 0.05) is 25.2 Å². The lowest BCUT2D eigenvalue weighted by molar-refractivity contribution is -0.117. The van der Waals surface area contributed by atoms with Crippen molar-refractivity contribution >= 4 is 21.6 Å². The Bertz CT molecular complexity index is 771. The first-order valence-electron chi connectivity index (χ1n) is 9.92. The molecule has 1 heterocycles. The van der Waals surface area contributed by atoms with Crippen molar-refractivity contribution in [1.82, 2.24) is 4.31 Å². The van der Waals surface area contributed by atoms with Crippen LogP contribution in [0.2, 0.25) is 0 Å². The number of amides is 1. The molecule has 1 amide bonds. The van der Waals surface area contributed by atoms with Crippen LogP contribution in [0.1, 0.15) is 51.4 Å². The zero-order valence-electron chi connectivity index (χ0n) is 15.2. The van der Waals surface area contributed by atoms with Gasteiger partial charge in [-0.05, 0) is 68.1 Å². The molecule has 5 nitrogen and oxygen atoms in total. The van der Waals surface area contributed by atoms with E-state index in [0.717, 1.165) is 31.1 Å². The summed E-state index contributed by atoms with van der Waals surface area (Å²) >= 11 is 0. The van der Waals surface area contributed by atoms with Crippen molar-refractivity contribution in [3.63, 3.8) is 0 Å². The quantitative estimate of drug-likeness (QED) is 0.853. The minimum absolute atomic E-state index is 0.00932. The largest absolute Gasteiger partial charge is 0.326 e. The number of benzene rings is 1. The van der Waals surface area contributed by atoms with Gasteiger partial charge in [0.25, 0.3) is 0 Å². The third kappa shape index (κ3) is 3.67. The number of piperidine rings is 1. The number of fused-ring (bicyclic) bond motifs is 2. The molecule has 6 heteroatoms. The fraction of sp³-hybridized carbons (Fsp3) is 0.650. The summed E-state index contributed by atoms with van der Waals surface area (Å²) < 4.78 is 27.2. The van der Waals surface area contributed by atoms with Crippen molar-refractivity contribution in [2.24, 2.45) is 17.8 Å². The number of sulfonamides is 1. The smallest absolute Gasteiger partial charge is 0.243 e. The minimum Gasteiger partial charge on any atom is -0.326 e. The molecule has 26 heavy (non-hydrogen) atoms. The fourth-order valence-corrected chi connectivity index (χ4v) is 6.63. The van der Waals surface area contributed by atoms with E-state index < -0.39 is 10.0 Å². The van der Waals surface area contributed by atoms with E-state index in [1.54, 1.807) is 28.6 Å². The molecule has 1 aromatic rings. The highest BCUT2D eigenvalue weighted by Gasteiger charge is 2.40. The van der Waals surface area contributed by atoms with E-state index in [0.29, 0.717) is 31.1 Å². The van der Waals surface area contributed by atoms with E-state index in [9.17, 15) is 13.2 Å². The maximum atomic E-state index is 12.8. The molecule has 3 aliphatic rings. The van der Waals surface area contributed by atoms with E-state index in [2.05, 4.69) is 5.32 Å². The highest BCUT2D eigenvalue weighted by Crippen LogP contribution is 2.49. The topological polar surface area (TPSA) is 66.5 Å². The molecule has 2 bridgehead atoms. The molecule has 1 N–H and O–H groups in total. The molecule has 1 aromatic carbocycles. The molecule has 0 unspecified atom stereocenters.